The lowest BCUT2D eigenvalue weighted by Crippen LogP contribution is -2.26. The van der Waals surface area contributed by atoms with E-state index in [2.05, 4.69) is 25.1 Å². The number of pyridine rings is 2. The quantitative estimate of drug-likeness (QED) is 0.241. The average molecular weight is 527 g/mol. The van der Waals surface area contributed by atoms with Crippen LogP contribution in [0.5, 0.6) is 0 Å². The van der Waals surface area contributed by atoms with Crippen LogP contribution in [-0.4, -0.2) is 19.5 Å². The number of rotatable bonds is 5. The van der Waals surface area contributed by atoms with Crippen molar-refractivity contribution in [1.82, 2.24) is 19.5 Å². The number of aromatic nitrogens is 4. The van der Waals surface area contributed by atoms with Gasteiger partial charge >= 0.3 is 0 Å². The Morgan fingerprint density at radius 2 is 1.75 bits per heavy atom. The van der Waals surface area contributed by atoms with E-state index in [4.69, 9.17) is 6.57 Å². The van der Waals surface area contributed by atoms with Crippen LogP contribution in [0.15, 0.2) is 96.1 Å². The van der Waals surface area contributed by atoms with Crippen molar-refractivity contribution in [1.29, 1.82) is 0 Å². The highest BCUT2D eigenvalue weighted by Crippen LogP contribution is 2.32. The molecule has 1 atom stereocenters. The molecule has 8 heteroatoms. The molecule has 0 aliphatic carbocycles. The molecule has 0 bridgehead atoms. The number of hydrogen-bond acceptors (Lipinski definition) is 5. The molecule has 3 heterocycles. The maximum Gasteiger partial charge on any atom is 0.263 e. The Balaban J connectivity index is 1.59. The number of fused-ring (bicyclic) bond motifs is 2. The minimum absolute atomic E-state index is 0.268. The minimum atomic E-state index is -0.471. The molecule has 0 aliphatic rings. The Morgan fingerprint density at radius 3 is 2.58 bits per heavy atom. The monoisotopic (exact) mass is 526 g/mol. The molecule has 0 aliphatic heterocycles. The van der Waals surface area contributed by atoms with E-state index in [0.29, 0.717) is 28.4 Å². The number of aryl methyl sites for hydroxylation is 1. The normalized spacial score (nSPS) is 11.8. The number of nitrogens with one attached hydrogen (secondary N) is 1. The van der Waals surface area contributed by atoms with E-state index >= 15 is 0 Å². The summed E-state index contributed by atoms with van der Waals surface area (Å²) in [6.07, 6.45) is 3.23. The Morgan fingerprint density at radius 1 is 0.950 bits per heavy atom. The molecule has 0 saturated carbocycles. The molecular weight excluding hydrogens is 503 g/mol. The summed E-state index contributed by atoms with van der Waals surface area (Å²) < 4.78 is 15.9. The highest BCUT2D eigenvalue weighted by atomic mass is 19.1. The molecular formula is C32H23FN6O. The summed E-state index contributed by atoms with van der Waals surface area (Å²) in [5, 5.41) is 5.47. The van der Waals surface area contributed by atoms with Gasteiger partial charge in [0.15, 0.2) is 0 Å². The van der Waals surface area contributed by atoms with Crippen molar-refractivity contribution in [2.24, 2.45) is 0 Å². The van der Waals surface area contributed by atoms with Crippen LogP contribution < -0.4 is 10.9 Å². The standard InChI is InChI=1S/C32H23FN6O/c1-19(37-31-28(34-3)18-35-20(2)38-31)29-15-22-9-6-12-26(23-14-21-8-4-5-13-27(21)36-17-23)30(22)32(40)39(29)25-11-7-10-24(33)16-25/h4-19H,1-2H3,(H,35,37,38)/t19-/m0/s1. The lowest BCUT2D eigenvalue weighted by atomic mass is 9.98. The van der Waals surface area contributed by atoms with Gasteiger partial charge in [-0.15, -0.1) is 0 Å². The molecule has 0 unspecified atom stereocenters. The van der Waals surface area contributed by atoms with Crippen molar-refractivity contribution < 1.29 is 4.39 Å². The van der Waals surface area contributed by atoms with Crippen LogP contribution in [-0.2, 0) is 0 Å². The summed E-state index contributed by atoms with van der Waals surface area (Å²) in [6.45, 7) is 11.1. The average Bonchev–Trinajstić information content (AvgIpc) is 2.96. The van der Waals surface area contributed by atoms with Gasteiger partial charge in [-0.3, -0.25) is 19.3 Å². The number of hydrogen-bond donors (Lipinski definition) is 1. The van der Waals surface area contributed by atoms with Gasteiger partial charge in [-0.2, -0.15) is 0 Å². The molecule has 1 N–H and O–H groups in total. The summed E-state index contributed by atoms with van der Waals surface area (Å²) >= 11 is 0. The summed E-state index contributed by atoms with van der Waals surface area (Å²) in [5.41, 5.74) is 3.37. The van der Waals surface area contributed by atoms with Crippen molar-refractivity contribution >= 4 is 33.2 Å². The Kier molecular flexibility index (Phi) is 6.25. The van der Waals surface area contributed by atoms with Crippen LogP contribution in [0.25, 0.3) is 43.3 Å². The smallest absolute Gasteiger partial charge is 0.263 e. The van der Waals surface area contributed by atoms with Gasteiger partial charge in [-0.1, -0.05) is 42.5 Å². The number of halogens is 1. The first-order valence-corrected chi connectivity index (χ1v) is 12.7. The zero-order valence-electron chi connectivity index (χ0n) is 21.8. The largest absolute Gasteiger partial charge is 0.371 e. The van der Waals surface area contributed by atoms with Crippen molar-refractivity contribution in [3.05, 3.63) is 130 Å². The Labute approximate surface area is 229 Å². The first kappa shape index (κ1) is 24.9. The predicted molar refractivity (Wildman–Crippen MR) is 155 cm³/mol. The molecule has 7 nitrogen and oxygen atoms in total. The highest BCUT2D eigenvalue weighted by Gasteiger charge is 2.20. The third kappa shape index (κ3) is 4.44. The molecule has 6 rings (SSSR count). The van der Waals surface area contributed by atoms with Gasteiger partial charge in [0.1, 0.15) is 17.5 Å². The highest BCUT2D eigenvalue weighted by molar-refractivity contribution is 5.98. The SMILES string of the molecule is [C-]#[N+]c1cnc(C)nc1N[C@@H](C)c1cc2cccc(-c3cnc4ccccc4c3)c2c(=O)n1-c1cccc(F)c1. The minimum Gasteiger partial charge on any atom is -0.371 e. The summed E-state index contributed by atoms with van der Waals surface area (Å²) in [7, 11) is 0. The molecule has 6 aromatic rings. The van der Waals surface area contributed by atoms with Crippen LogP contribution in [0.4, 0.5) is 15.9 Å². The van der Waals surface area contributed by atoms with E-state index in [1.165, 1.54) is 22.9 Å². The molecule has 0 spiro atoms. The molecule has 40 heavy (non-hydrogen) atoms. The lowest BCUT2D eigenvalue weighted by Gasteiger charge is -2.22. The molecule has 3 aromatic heterocycles. The number of benzene rings is 3. The van der Waals surface area contributed by atoms with Crippen molar-refractivity contribution in [2.45, 2.75) is 19.9 Å². The van der Waals surface area contributed by atoms with E-state index in [1.807, 2.05) is 61.5 Å². The van der Waals surface area contributed by atoms with Gasteiger partial charge in [0.2, 0.25) is 5.69 Å². The van der Waals surface area contributed by atoms with Gasteiger partial charge < -0.3 is 5.32 Å². The van der Waals surface area contributed by atoms with E-state index in [-0.39, 0.29) is 11.2 Å². The van der Waals surface area contributed by atoms with Crippen molar-refractivity contribution in [3.8, 4) is 16.8 Å². The molecule has 194 valence electrons. The van der Waals surface area contributed by atoms with Gasteiger partial charge in [0.25, 0.3) is 5.56 Å². The van der Waals surface area contributed by atoms with Crippen LogP contribution in [0.3, 0.4) is 0 Å². The fourth-order valence-corrected chi connectivity index (χ4v) is 4.97. The number of nitrogens with zero attached hydrogens (tertiary/aromatic N) is 5. The number of para-hydroxylation sites is 1. The van der Waals surface area contributed by atoms with E-state index < -0.39 is 11.9 Å². The van der Waals surface area contributed by atoms with E-state index in [9.17, 15) is 9.18 Å². The molecule has 0 saturated heterocycles. The van der Waals surface area contributed by atoms with Crippen LogP contribution >= 0.6 is 0 Å². The Bertz CT molecular complexity index is 2030. The molecule has 0 fully saturated rings. The Hall–Kier alpha value is -5.42. The second-order valence-corrected chi connectivity index (χ2v) is 9.51. The van der Waals surface area contributed by atoms with E-state index in [0.717, 1.165) is 27.4 Å². The van der Waals surface area contributed by atoms with Gasteiger partial charge in [-0.05, 0) is 61.2 Å². The topological polar surface area (TPSA) is 77.1 Å². The van der Waals surface area contributed by atoms with Gasteiger partial charge in [-0.25, -0.2) is 14.2 Å². The first-order valence-electron chi connectivity index (χ1n) is 12.7. The summed E-state index contributed by atoms with van der Waals surface area (Å²) in [4.78, 5) is 31.0. The van der Waals surface area contributed by atoms with Crippen LogP contribution in [0.1, 0.15) is 24.5 Å². The fraction of sp³-hybridized carbons (Fsp3) is 0.0938. The summed E-state index contributed by atoms with van der Waals surface area (Å²) in [6, 6.07) is 22.9. The predicted octanol–water partition coefficient (Wildman–Crippen LogP) is 7.17. The van der Waals surface area contributed by atoms with Crippen LogP contribution in [0.2, 0.25) is 0 Å². The van der Waals surface area contributed by atoms with Crippen molar-refractivity contribution in [3.63, 3.8) is 0 Å². The lowest BCUT2D eigenvalue weighted by molar-refractivity contribution is 0.625. The maximum absolute atomic E-state index is 14.4. The molecule has 3 aromatic carbocycles. The molecule has 0 radical (unpaired) electrons. The third-order valence-corrected chi connectivity index (χ3v) is 6.85. The second-order valence-electron chi connectivity index (χ2n) is 9.51. The maximum atomic E-state index is 14.4. The summed E-state index contributed by atoms with van der Waals surface area (Å²) in [5.74, 6) is 0.422. The fourth-order valence-electron chi connectivity index (χ4n) is 4.97. The first-order chi connectivity index (χ1) is 19.4. The van der Waals surface area contributed by atoms with Crippen molar-refractivity contribution in [2.75, 3.05) is 5.32 Å². The van der Waals surface area contributed by atoms with Gasteiger partial charge in [0, 0.05) is 29.0 Å². The van der Waals surface area contributed by atoms with Crippen LogP contribution in [0, 0.1) is 19.3 Å². The second kappa shape index (κ2) is 10.0. The van der Waals surface area contributed by atoms with E-state index in [1.54, 1.807) is 25.3 Å². The molecule has 0 amide bonds. The van der Waals surface area contributed by atoms with Gasteiger partial charge in [0.05, 0.1) is 29.2 Å². The number of anilines is 1. The third-order valence-electron chi connectivity index (χ3n) is 6.85. The zero-order chi connectivity index (χ0) is 27.8. The zero-order valence-corrected chi connectivity index (χ0v) is 21.8.